The van der Waals surface area contributed by atoms with Gasteiger partial charge in [0.15, 0.2) is 6.61 Å². The van der Waals surface area contributed by atoms with Gasteiger partial charge >= 0.3 is 5.97 Å². The van der Waals surface area contributed by atoms with Crippen LogP contribution >= 0.6 is 0 Å². The van der Waals surface area contributed by atoms with E-state index in [2.05, 4.69) is 5.32 Å². The highest BCUT2D eigenvalue weighted by atomic mass is 16.5. The smallest absolute Gasteiger partial charge is 0.326 e. The highest BCUT2D eigenvalue weighted by Crippen LogP contribution is 2.12. The molecule has 0 radical (unpaired) electrons. The summed E-state index contributed by atoms with van der Waals surface area (Å²) in [6, 6.07) is 5.10. The van der Waals surface area contributed by atoms with Crippen LogP contribution in [0.4, 0.5) is 0 Å². The second kappa shape index (κ2) is 8.66. The van der Waals surface area contributed by atoms with E-state index in [1.165, 1.54) is 24.3 Å². The van der Waals surface area contributed by atoms with Gasteiger partial charge in [-0.15, -0.1) is 0 Å². The van der Waals surface area contributed by atoms with Crippen LogP contribution in [0.2, 0.25) is 0 Å². The van der Waals surface area contributed by atoms with Crippen molar-refractivity contribution in [3.8, 4) is 5.75 Å². The third-order valence-corrected chi connectivity index (χ3v) is 2.95. The van der Waals surface area contributed by atoms with Crippen molar-refractivity contribution in [2.45, 2.75) is 32.2 Å². The molecule has 1 aromatic carbocycles. The van der Waals surface area contributed by atoms with Crippen LogP contribution in [-0.2, 0) is 9.59 Å². The van der Waals surface area contributed by atoms with Gasteiger partial charge in [0, 0.05) is 5.56 Å². The van der Waals surface area contributed by atoms with E-state index in [1.54, 1.807) is 0 Å². The zero-order valence-electron chi connectivity index (χ0n) is 12.4. The fourth-order valence-corrected chi connectivity index (χ4v) is 1.76. The highest BCUT2D eigenvalue weighted by molar-refractivity contribution is 5.96. The summed E-state index contributed by atoms with van der Waals surface area (Å²) in [7, 11) is 0. The number of aliphatic carboxylic acids is 1. The summed E-state index contributed by atoms with van der Waals surface area (Å²) < 4.78 is 5.07. The predicted molar refractivity (Wildman–Crippen MR) is 79.5 cm³/mol. The topological polar surface area (TPSA) is 119 Å². The van der Waals surface area contributed by atoms with E-state index in [4.69, 9.17) is 15.6 Å². The van der Waals surface area contributed by atoms with E-state index >= 15 is 0 Å². The molecule has 0 spiro atoms. The molecule has 0 aliphatic carbocycles. The molecule has 1 aromatic rings. The maximum absolute atomic E-state index is 12.0. The second-order valence-electron chi connectivity index (χ2n) is 4.79. The molecule has 2 amide bonds. The minimum absolute atomic E-state index is 0.246. The number of carbonyl (C=O) groups excluding carboxylic acids is 2. The number of amides is 2. The Morgan fingerprint density at radius 2 is 1.91 bits per heavy atom. The number of benzene rings is 1. The van der Waals surface area contributed by atoms with Crippen LogP contribution in [0.1, 0.15) is 36.5 Å². The summed E-state index contributed by atoms with van der Waals surface area (Å²) in [5, 5.41) is 11.6. The van der Waals surface area contributed by atoms with Gasteiger partial charge in [0.05, 0.1) is 0 Å². The number of hydrogen-bond acceptors (Lipinski definition) is 4. The van der Waals surface area contributed by atoms with Crippen LogP contribution in [0.5, 0.6) is 5.75 Å². The zero-order chi connectivity index (χ0) is 16.5. The first-order valence-electron chi connectivity index (χ1n) is 6.99. The molecule has 4 N–H and O–H groups in total. The van der Waals surface area contributed by atoms with Gasteiger partial charge in [-0.05, 0) is 30.7 Å². The van der Waals surface area contributed by atoms with E-state index in [1.807, 2.05) is 6.92 Å². The number of hydrogen-bond donors (Lipinski definition) is 3. The normalized spacial score (nSPS) is 11.5. The number of primary amides is 1. The average Bonchev–Trinajstić information content (AvgIpc) is 2.49. The first kappa shape index (κ1) is 17.5. The van der Waals surface area contributed by atoms with Crippen molar-refractivity contribution in [2.75, 3.05) is 6.61 Å². The summed E-state index contributed by atoms with van der Waals surface area (Å²) in [5.74, 6) is -1.72. The SMILES string of the molecule is CCCC[C@H](NC(=O)c1ccc(OCC(N)=O)cc1)C(=O)O. The van der Waals surface area contributed by atoms with Crippen LogP contribution in [0.25, 0.3) is 0 Å². The fourth-order valence-electron chi connectivity index (χ4n) is 1.76. The Kier molecular flexibility index (Phi) is 6.88. The number of nitrogens with two attached hydrogens (primary N) is 1. The molecule has 7 nitrogen and oxygen atoms in total. The molecular weight excluding hydrogens is 288 g/mol. The van der Waals surface area contributed by atoms with Crippen molar-refractivity contribution in [1.29, 1.82) is 0 Å². The second-order valence-corrected chi connectivity index (χ2v) is 4.79. The average molecular weight is 308 g/mol. The summed E-state index contributed by atoms with van der Waals surface area (Å²) in [4.78, 5) is 33.7. The molecular formula is C15H20N2O5. The molecule has 120 valence electrons. The number of ether oxygens (including phenoxy) is 1. The molecule has 1 rings (SSSR count). The number of carboxylic acid groups (broad SMARTS) is 1. The first-order chi connectivity index (χ1) is 10.4. The van der Waals surface area contributed by atoms with Gasteiger partial charge in [-0.1, -0.05) is 19.8 Å². The molecule has 0 bridgehead atoms. The lowest BCUT2D eigenvalue weighted by molar-refractivity contribution is -0.139. The fraction of sp³-hybridized carbons (Fsp3) is 0.400. The molecule has 0 unspecified atom stereocenters. The standard InChI is InChI=1S/C15H20N2O5/c1-2-3-4-12(15(20)21)17-14(19)10-5-7-11(8-6-10)22-9-13(16)18/h5-8,12H,2-4,9H2,1H3,(H2,16,18)(H,17,19)(H,20,21)/t12-/m0/s1. The molecule has 7 heteroatoms. The molecule has 0 fully saturated rings. The summed E-state index contributed by atoms with van der Waals surface area (Å²) >= 11 is 0. The van der Waals surface area contributed by atoms with E-state index in [0.717, 1.165) is 12.8 Å². The van der Waals surface area contributed by atoms with Gasteiger partial charge in [-0.25, -0.2) is 4.79 Å². The van der Waals surface area contributed by atoms with E-state index in [0.29, 0.717) is 17.7 Å². The van der Waals surface area contributed by atoms with Gasteiger partial charge in [-0.2, -0.15) is 0 Å². The molecule has 0 saturated heterocycles. The number of nitrogens with one attached hydrogen (secondary N) is 1. The molecule has 0 aliphatic rings. The van der Waals surface area contributed by atoms with Crippen molar-refractivity contribution < 1.29 is 24.2 Å². The zero-order valence-corrected chi connectivity index (χ0v) is 12.4. The lowest BCUT2D eigenvalue weighted by Crippen LogP contribution is -2.40. The van der Waals surface area contributed by atoms with E-state index < -0.39 is 23.8 Å². The monoisotopic (exact) mass is 308 g/mol. The Hall–Kier alpha value is -2.57. The van der Waals surface area contributed by atoms with Crippen LogP contribution in [0, 0.1) is 0 Å². The Labute approximate surface area is 128 Å². The number of unbranched alkanes of at least 4 members (excludes halogenated alkanes) is 1. The Bertz CT molecular complexity index is 527. The predicted octanol–water partition coefficient (Wildman–Crippen LogP) is 0.924. The first-order valence-corrected chi connectivity index (χ1v) is 6.99. The van der Waals surface area contributed by atoms with Crippen molar-refractivity contribution in [2.24, 2.45) is 5.73 Å². The van der Waals surface area contributed by atoms with Crippen molar-refractivity contribution in [3.63, 3.8) is 0 Å². The Balaban J connectivity index is 2.64. The van der Waals surface area contributed by atoms with Crippen molar-refractivity contribution in [3.05, 3.63) is 29.8 Å². The third kappa shape index (κ3) is 5.82. The summed E-state index contributed by atoms with van der Waals surface area (Å²) in [6.45, 7) is 1.70. The van der Waals surface area contributed by atoms with E-state index in [9.17, 15) is 14.4 Å². The lowest BCUT2D eigenvalue weighted by Gasteiger charge is -2.14. The largest absolute Gasteiger partial charge is 0.484 e. The summed E-state index contributed by atoms with van der Waals surface area (Å²) in [6.07, 6.45) is 1.96. The Morgan fingerprint density at radius 1 is 1.27 bits per heavy atom. The quantitative estimate of drug-likeness (QED) is 0.627. The van der Waals surface area contributed by atoms with Crippen LogP contribution in [0.3, 0.4) is 0 Å². The molecule has 0 heterocycles. The minimum Gasteiger partial charge on any atom is -0.484 e. The maximum Gasteiger partial charge on any atom is 0.326 e. The van der Waals surface area contributed by atoms with Gasteiger partial charge in [0.1, 0.15) is 11.8 Å². The van der Waals surface area contributed by atoms with Crippen molar-refractivity contribution in [1.82, 2.24) is 5.32 Å². The molecule has 1 atom stereocenters. The summed E-state index contributed by atoms with van der Waals surface area (Å²) in [5.41, 5.74) is 5.27. The van der Waals surface area contributed by atoms with Gasteiger partial charge in [-0.3, -0.25) is 9.59 Å². The van der Waals surface area contributed by atoms with Crippen LogP contribution < -0.4 is 15.8 Å². The Morgan fingerprint density at radius 3 is 2.41 bits per heavy atom. The van der Waals surface area contributed by atoms with Gasteiger partial charge < -0.3 is 20.9 Å². The number of rotatable bonds is 9. The van der Waals surface area contributed by atoms with E-state index in [-0.39, 0.29) is 6.61 Å². The maximum atomic E-state index is 12.0. The highest BCUT2D eigenvalue weighted by Gasteiger charge is 2.19. The number of carbonyl (C=O) groups is 3. The molecule has 0 saturated carbocycles. The van der Waals surface area contributed by atoms with Crippen LogP contribution in [0.15, 0.2) is 24.3 Å². The molecule has 0 aromatic heterocycles. The third-order valence-electron chi connectivity index (χ3n) is 2.95. The van der Waals surface area contributed by atoms with Gasteiger partial charge in [0.25, 0.3) is 11.8 Å². The number of carboxylic acids is 1. The lowest BCUT2D eigenvalue weighted by atomic mass is 10.1. The molecule has 0 aliphatic heterocycles. The van der Waals surface area contributed by atoms with Crippen LogP contribution in [-0.4, -0.2) is 35.5 Å². The van der Waals surface area contributed by atoms with Gasteiger partial charge in [0.2, 0.25) is 0 Å². The minimum atomic E-state index is -1.05. The van der Waals surface area contributed by atoms with Crippen molar-refractivity contribution >= 4 is 17.8 Å². The molecule has 22 heavy (non-hydrogen) atoms.